The Morgan fingerprint density at radius 1 is 1.10 bits per heavy atom. The average Bonchev–Trinajstić information content (AvgIpc) is 3.29. The lowest BCUT2D eigenvalue weighted by Gasteiger charge is -2.46. The lowest BCUT2D eigenvalue weighted by atomic mass is 9.84. The van der Waals surface area contributed by atoms with Crippen LogP contribution < -0.4 is 16.6 Å². The predicted molar refractivity (Wildman–Crippen MR) is 121 cm³/mol. The molecule has 2 amide bonds. The monoisotopic (exact) mass is 576 g/mol. The van der Waals surface area contributed by atoms with Crippen LogP contribution in [-0.4, -0.2) is 92.9 Å². The van der Waals surface area contributed by atoms with Gasteiger partial charge in [-0.05, 0) is 0 Å². The molecule has 218 valence electrons. The third-order valence-corrected chi connectivity index (χ3v) is 5.58. The summed E-state index contributed by atoms with van der Waals surface area (Å²) in [5, 5.41) is 1.59. The van der Waals surface area contributed by atoms with E-state index in [1.54, 1.807) is 5.32 Å². The standard InChI is InChI=1S/C21H23F3N6O10/c1-6(31)37-4-9-13(38-7(2)32)15(39-8(3)33)11(28-20(36)21(22,23)24)14(40-9)10(16(25)34)17-29-18-12(19(35)30-17)26-5-27-18/h5,9-11,13-15H,4H2,1-3H3,(H2,25,34)(H,28,36)(H2,26,27,29,30,35)/t9-,10?,11-,13-,14+,15-/m1/s1. The minimum absolute atomic E-state index is 0.137. The molecular weight excluding hydrogens is 553 g/mol. The lowest BCUT2D eigenvalue weighted by molar-refractivity contribution is -0.229. The van der Waals surface area contributed by atoms with Crippen LogP contribution in [0.25, 0.3) is 11.2 Å². The molecule has 1 aliphatic rings. The molecule has 0 aromatic carbocycles. The Hall–Kier alpha value is -4.55. The zero-order chi connectivity index (χ0) is 29.9. The number of alkyl halides is 3. The van der Waals surface area contributed by atoms with E-state index in [1.807, 2.05) is 0 Å². The third-order valence-electron chi connectivity index (χ3n) is 5.58. The number of amides is 2. The molecule has 1 saturated heterocycles. The fourth-order valence-corrected chi connectivity index (χ4v) is 4.11. The summed E-state index contributed by atoms with van der Waals surface area (Å²) in [5.41, 5.74) is 4.37. The number of halogens is 3. The number of hydrogen-bond acceptors (Lipinski definition) is 12. The number of carbonyl (C=O) groups is 5. The highest BCUT2D eigenvalue weighted by Crippen LogP contribution is 2.34. The molecule has 2 aromatic rings. The molecule has 1 aliphatic heterocycles. The van der Waals surface area contributed by atoms with Crippen molar-refractivity contribution in [3.8, 4) is 0 Å². The average molecular weight is 576 g/mol. The molecule has 16 nitrogen and oxygen atoms in total. The first kappa shape index (κ1) is 30.0. The number of aromatic amines is 2. The second-order valence-electron chi connectivity index (χ2n) is 8.52. The van der Waals surface area contributed by atoms with Gasteiger partial charge in [-0.25, -0.2) is 9.97 Å². The van der Waals surface area contributed by atoms with Crippen LogP contribution in [0.3, 0.4) is 0 Å². The number of ether oxygens (including phenoxy) is 4. The summed E-state index contributed by atoms with van der Waals surface area (Å²) < 4.78 is 61.0. The molecule has 0 aliphatic carbocycles. The van der Waals surface area contributed by atoms with Crippen LogP contribution in [0.2, 0.25) is 0 Å². The van der Waals surface area contributed by atoms with Crippen molar-refractivity contribution in [3.05, 3.63) is 22.5 Å². The van der Waals surface area contributed by atoms with Crippen LogP contribution in [0.5, 0.6) is 0 Å². The summed E-state index contributed by atoms with van der Waals surface area (Å²) in [5.74, 6) is -9.25. The van der Waals surface area contributed by atoms with Crippen molar-refractivity contribution in [2.45, 2.75) is 63.3 Å². The number of primary amides is 1. The summed E-state index contributed by atoms with van der Waals surface area (Å²) in [7, 11) is 0. The van der Waals surface area contributed by atoms with Crippen molar-refractivity contribution in [1.29, 1.82) is 0 Å². The molecule has 1 fully saturated rings. The van der Waals surface area contributed by atoms with Gasteiger partial charge >= 0.3 is 30.0 Å². The van der Waals surface area contributed by atoms with Crippen molar-refractivity contribution in [2.75, 3.05) is 6.61 Å². The van der Waals surface area contributed by atoms with Crippen LogP contribution in [0.4, 0.5) is 13.2 Å². The third kappa shape index (κ3) is 6.71. The quantitative estimate of drug-likeness (QED) is 0.207. The first-order chi connectivity index (χ1) is 18.6. The molecule has 0 bridgehead atoms. The molecule has 0 radical (unpaired) electrons. The van der Waals surface area contributed by atoms with Gasteiger partial charge in [-0.2, -0.15) is 13.2 Å². The smallest absolute Gasteiger partial charge is 0.463 e. The Balaban J connectivity index is 2.23. The minimum atomic E-state index is -5.47. The zero-order valence-electron chi connectivity index (χ0n) is 20.9. The number of esters is 3. The van der Waals surface area contributed by atoms with E-state index in [-0.39, 0.29) is 11.2 Å². The van der Waals surface area contributed by atoms with Crippen molar-refractivity contribution in [1.82, 2.24) is 25.3 Å². The van der Waals surface area contributed by atoms with Gasteiger partial charge in [-0.1, -0.05) is 0 Å². The summed E-state index contributed by atoms with van der Waals surface area (Å²) in [6, 6.07) is -2.09. The van der Waals surface area contributed by atoms with Crippen molar-refractivity contribution < 1.29 is 56.1 Å². The topological polar surface area (TPSA) is 235 Å². The van der Waals surface area contributed by atoms with E-state index in [2.05, 4.69) is 19.9 Å². The van der Waals surface area contributed by atoms with Gasteiger partial charge in [-0.3, -0.25) is 28.8 Å². The van der Waals surface area contributed by atoms with E-state index in [0.29, 0.717) is 0 Å². The summed E-state index contributed by atoms with van der Waals surface area (Å²) in [4.78, 5) is 85.2. The molecule has 0 spiro atoms. The Kier molecular flexibility index (Phi) is 8.76. The molecule has 3 heterocycles. The number of rotatable bonds is 8. The summed E-state index contributed by atoms with van der Waals surface area (Å²) >= 11 is 0. The van der Waals surface area contributed by atoms with E-state index in [4.69, 9.17) is 24.7 Å². The number of hydrogen-bond donors (Lipinski definition) is 4. The number of nitrogens with zero attached hydrogens (tertiary/aromatic N) is 2. The number of aromatic nitrogens is 4. The van der Waals surface area contributed by atoms with Crippen LogP contribution in [0, 0.1) is 0 Å². The van der Waals surface area contributed by atoms with E-state index in [1.165, 1.54) is 0 Å². The Labute approximate surface area is 221 Å². The van der Waals surface area contributed by atoms with Gasteiger partial charge in [0.05, 0.1) is 12.4 Å². The number of nitrogens with two attached hydrogens (primary N) is 1. The Bertz CT molecular complexity index is 1370. The van der Waals surface area contributed by atoms with Crippen LogP contribution in [0.15, 0.2) is 11.1 Å². The zero-order valence-corrected chi connectivity index (χ0v) is 20.9. The van der Waals surface area contributed by atoms with E-state index in [9.17, 15) is 41.9 Å². The fourth-order valence-electron chi connectivity index (χ4n) is 4.11. The Morgan fingerprint density at radius 3 is 2.27 bits per heavy atom. The van der Waals surface area contributed by atoms with E-state index < -0.39 is 90.3 Å². The highest BCUT2D eigenvalue weighted by molar-refractivity contribution is 5.84. The van der Waals surface area contributed by atoms with Crippen molar-refractivity contribution >= 4 is 40.9 Å². The lowest BCUT2D eigenvalue weighted by Crippen LogP contribution is -2.69. The number of imidazole rings is 1. The van der Waals surface area contributed by atoms with Gasteiger partial charge in [-0.15, -0.1) is 0 Å². The number of nitrogens with one attached hydrogen (secondary N) is 3. The maximum absolute atomic E-state index is 13.3. The highest BCUT2D eigenvalue weighted by atomic mass is 19.4. The molecule has 0 saturated carbocycles. The molecule has 6 atom stereocenters. The summed E-state index contributed by atoms with van der Waals surface area (Å²) in [6.45, 7) is 2.09. The van der Waals surface area contributed by atoms with Crippen LogP contribution in [-0.2, 0) is 42.9 Å². The first-order valence-electron chi connectivity index (χ1n) is 11.3. The molecule has 3 rings (SSSR count). The van der Waals surface area contributed by atoms with Crippen molar-refractivity contribution in [2.24, 2.45) is 5.73 Å². The number of H-pyrrole nitrogens is 2. The van der Waals surface area contributed by atoms with E-state index in [0.717, 1.165) is 27.1 Å². The largest absolute Gasteiger partial charge is 0.471 e. The molecule has 1 unspecified atom stereocenters. The maximum atomic E-state index is 13.3. The number of fused-ring (bicyclic) bond motifs is 1. The summed E-state index contributed by atoms with van der Waals surface area (Å²) in [6.07, 6.45) is -11.6. The van der Waals surface area contributed by atoms with Crippen LogP contribution in [0.1, 0.15) is 32.5 Å². The van der Waals surface area contributed by atoms with Gasteiger partial charge in [0.1, 0.15) is 30.6 Å². The van der Waals surface area contributed by atoms with Crippen LogP contribution >= 0.6 is 0 Å². The second-order valence-corrected chi connectivity index (χ2v) is 8.52. The van der Waals surface area contributed by atoms with Gasteiger partial charge in [0.15, 0.2) is 23.4 Å². The molecule has 2 aromatic heterocycles. The molecular formula is C21H23F3N6O10. The first-order valence-corrected chi connectivity index (χ1v) is 11.3. The van der Waals surface area contributed by atoms with E-state index >= 15 is 0 Å². The van der Waals surface area contributed by atoms with Gasteiger partial charge < -0.3 is 40.0 Å². The maximum Gasteiger partial charge on any atom is 0.471 e. The highest BCUT2D eigenvalue weighted by Gasteiger charge is 2.56. The fraction of sp³-hybridized carbons (Fsp3) is 0.524. The normalized spacial score (nSPS) is 23.6. The van der Waals surface area contributed by atoms with Crippen molar-refractivity contribution in [3.63, 3.8) is 0 Å². The van der Waals surface area contributed by atoms with Gasteiger partial charge in [0.2, 0.25) is 5.91 Å². The predicted octanol–water partition coefficient (Wildman–Crippen LogP) is -1.54. The SMILES string of the molecule is CC(=O)OC[C@H]1O[C@@H](C(C(N)=O)c2nc3[nH]cnc3c(=O)[nH]2)[C@@H](NC(=O)C(F)(F)F)[C@@H](OC(C)=O)[C@@H]1OC(C)=O. The Morgan fingerprint density at radius 2 is 1.73 bits per heavy atom. The molecule has 19 heteroatoms. The number of carbonyl (C=O) groups excluding carboxylic acids is 5. The van der Waals surface area contributed by atoms with Gasteiger partial charge in [0, 0.05) is 20.8 Å². The second kappa shape index (κ2) is 11.7. The van der Waals surface area contributed by atoms with Gasteiger partial charge in [0.25, 0.3) is 5.56 Å². The molecule has 5 N–H and O–H groups in total. The molecule has 40 heavy (non-hydrogen) atoms. The minimum Gasteiger partial charge on any atom is -0.463 e.